The summed E-state index contributed by atoms with van der Waals surface area (Å²) in [5, 5.41) is 13.8. The Balaban J connectivity index is 1.56. The van der Waals surface area contributed by atoms with E-state index in [-0.39, 0.29) is 17.6 Å². The fourth-order valence-corrected chi connectivity index (χ4v) is 3.37. The van der Waals surface area contributed by atoms with Crippen LogP contribution in [0.25, 0.3) is 6.08 Å². The molecule has 0 radical (unpaired) electrons. The van der Waals surface area contributed by atoms with Crippen molar-refractivity contribution in [1.29, 1.82) is 0 Å². The molecule has 1 aliphatic rings. The second-order valence-electron chi connectivity index (χ2n) is 6.92. The van der Waals surface area contributed by atoms with Gasteiger partial charge in [-0.05, 0) is 49.0 Å². The van der Waals surface area contributed by atoms with E-state index in [1.807, 2.05) is 18.2 Å². The van der Waals surface area contributed by atoms with Crippen molar-refractivity contribution < 1.29 is 19.2 Å². The fourth-order valence-electron chi connectivity index (χ4n) is 3.37. The highest BCUT2D eigenvalue weighted by molar-refractivity contribution is 5.90. The number of hydrogen-bond acceptors (Lipinski definition) is 5. The van der Waals surface area contributed by atoms with Gasteiger partial charge >= 0.3 is 5.97 Å². The lowest BCUT2D eigenvalue weighted by atomic mass is 9.87. The van der Waals surface area contributed by atoms with E-state index in [4.69, 9.17) is 4.74 Å². The number of fused-ring (bicyclic) bond motifs is 1. The zero-order chi connectivity index (χ0) is 20.8. The Morgan fingerprint density at radius 3 is 2.83 bits per heavy atom. The third-order valence-corrected chi connectivity index (χ3v) is 4.84. The summed E-state index contributed by atoms with van der Waals surface area (Å²) >= 11 is 0. The summed E-state index contributed by atoms with van der Waals surface area (Å²) in [5.41, 5.74) is 2.76. The Bertz CT molecular complexity index is 954. The number of hydrogen-bond donors (Lipinski definition) is 1. The molecule has 2 aromatic rings. The van der Waals surface area contributed by atoms with E-state index in [0.29, 0.717) is 5.56 Å². The summed E-state index contributed by atoms with van der Waals surface area (Å²) in [6, 6.07) is 13.8. The van der Waals surface area contributed by atoms with Crippen LogP contribution < -0.4 is 5.32 Å². The fraction of sp³-hybridized carbons (Fsp3) is 0.273. The third kappa shape index (κ3) is 5.28. The van der Waals surface area contributed by atoms with E-state index in [1.54, 1.807) is 6.07 Å². The number of amides is 1. The molecule has 0 heterocycles. The van der Waals surface area contributed by atoms with Crippen LogP contribution in [-0.2, 0) is 20.7 Å². The molecule has 0 fully saturated rings. The molecule has 2 aromatic carbocycles. The number of rotatable bonds is 6. The number of aryl methyl sites for hydroxylation is 1. The summed E-state index contributed by atoms with van der Waals surface area (Å²) in [6.45, 7) is 1.52. The monoisotopic (exact) mass is 394 g/mol. The van der Waals surface area contributed by atoms with E-state index in [9.17, 15) is 19.7 Å². The SMILES string of the molecule is C[C@H](OC(=O)/C=C/c1cccc([N+](=O)[O-])c1)C(=O)N[C@@H]1CCCc2ccccc21. The lowest BCUT2D eigenvalue weighted by Gasteiger charge is -2.27. The molecule has 3 rings (SSSR count). The first-order valence-corrected chi connectivity index (χ1v) is 9.45. The van der Waals surface area contributed by atoms with Crippen molar-refractivity contribution in [2.75, 3.05) is 0 Å². The molecular formula is C22H22N2O5. The van der Waals surface area contributed by atoms with Crippen molar-refractivity contribution in [1.82, 2.24) is 5.32 Å². The normalized spacial score (nSPS) is 16.7. The number of nitro benzene ring substituents is 1. The molecule has 1 aliphatic carbocycles. The standard InChI is InChI=1S/C22H22N2O5/c1-15(22(26)23-20-11-5-8-17-7-2-3-10-19(17)20)29-21(25)13-12-16-6-4-9-18(14-16)24(27)28/h2-4,6-7,9-10,12-15,20H,5,8,11H2,1H3,(H,23,26)/b13-12+/t15-,20+/m0/s1. The summed E-state index contributed by atoms with van der Waals surface area (Å²) in [6.07, 6.45) is 4.44. The summed E-state index contributed by atoms with van der Waals surface area (Å²) < 4.78 is 5.17. The van der Waals surface area contributed by atoms with Gasteiger partial charge in [0.25, 0.3) is 11.6 Å². The lowest BCUT2D eigenvalue weighted by molar-refractivity contribution is -0.384. The average Bonchev–Trinajstić information content (AvgIpc) is 2.72. The van der Waals surface area contributed by atoms with Gasteiger partial charge in [0, 0.05) is 18.2 Å². The van der Waals surface area contributed by atoms with Crippen molar-refractivity contribution in [2.45, 2.75) is 38.3 Å². The Morgan fingerprint density at radius 2 is 2.03 bits per heavy atom. The number of non-ortho nitro benzene ring substituents is 1. The first kappa shape index (κ1) is 20.3. The largest absolute Gasteiger partial charge is 0.449 e. The molecule has 0 saturated heterocycles. The summed E-state index contributed by atoms with van der Waals surface area (Å²) in [7, 11) is 0. The smallest absolute Gasteiger partial charge is 0.331 e. The van der Waals surface area contributed by atoms with Crippen LogP contribution in [-0.4, -0.2) is 22.9 Å². The minimum absolute atomic E-state index is 0.0685. The maximum Gasteiger partial charge on any atom is 0.331 e. The van der Waals surface area contributed by atoms with E-state index < -0.39 is 17.0 Å². The van der Waals surface area contributed by atoms with Gasteiger partial charge in [-0.15, -0.1) is 0 Å². The minimum atomic E-state index is -0.952. The Hall–Kier alpha value is -3.48. The summed E-state index contributed by atoms with van der Waals surface area (Å²) in [5.74, 6) is -1.05. The van der Waals surface area contributed by atoms with Crippen LogP contribution in [0.5, 0.6) is 0 Å². The predicted octanol–water partition coefficient (Wildman–Crippen LogP) is 3.73. The average molecular weight is 394 g/mol. The van der Waals surface area contributed by atoms with Crippen molar-refractivity contribution >= 4 is 23.6 Å². The minimum Gasteiger partial charge on any atom is -0.449 e. The molecular weight excluding hydrogens is 372 g/mol. The quantitative estimate of drug-likeness (QED) is 0.348. The number of carbonyl (C=O) groups excluding carboxylic acids is 2. The first-order valence-electron chi connectivity index (χ1n) is 9.45. The zero-order valence-electron chi connectivity index (χ0n) is 16.0. The molecule has 2 atom stereocenters. The van der Waals surface area contributed by atoms with Crippen LogP contribution in [0.1, 0.15) is 42.5 Å². The molecule has 29 heavy (non-hydrogen) atoms. The van der Waals surface area contributed by atoms with Crippen LogP contribution in [0, 0.1) is 10.1 Å². The first-order chi connectivity index (χ1) is 13.9. The molecule has 0 saturated carbocycles. The van der Waals surface area contributed by atoms with Crippen molar-refractivity contribution in [3.8, 4) is 0 Å². The number of nitro groups is 1. The van der Waals surface area contributed by atoms with Crippen LogP contribution in [0.4, 0.5) is 5.69 Å². The van der Waals surface area contributed by atoms with Gasteiger partial charge in [-0.3, -0.25) is 14.9 Å². The van der Waals surface area contributed by atoms with E-state index in [1.165, 1.54) is 36.8 Å². The molecule has 0 bridgehead atoms. The van der Waals surface area contributed by atoms with Gasteiger partial charge in [-0.1, -0.05) is 36.4 Å². The van der Waals surface area contributed by atoms with Gasteiger partial charge in [0.15, 0.2) is 6.10 Å². The van der Waals surface area contributed by atoms with Gasteiger partial charge in [0.05, 0.1) is 11.0 Å². The van der Waals surface area contributed by atoms with Crippen LogP contribution in [0.2, 0.25) is 0 Å². The number of nitrogens with zero attached hydrogens (tertiary/aromatic N) is 1. The number of ether oxygens (including phenoxy) is 1. The number of esters is 1. The van der Waals surface area contributed by atoms with Gasteiger partial charge < -0.3 is 10.1 Å². The molecule has 7 heteroatoms. The number of nitrogens with one attached hydrogen (secondary N) is 1. The zero-order valence-corrected chi connectivity index (χ0v) is 16.0. The Morgan fingerprint density at radius 1 is 1.24 bits per heavy atom. The van der Waals surface area contributed by atoms with Gasteiger partial charge in [0.2, 0.25) is 0 Å². The van der Waals surface area contributed by atoms with Crippen LogP contribution in [0.15, 0.2) is 54.6 Å². The lowest BCUT2D eigenvalue weighted by Crippen LogP contribution is -2.39. The second-order valence-corrected chi connectivity index (χ2v) is 6.92. The molecule has 0 unspecified atom stereocenters. The molecule has 0 aromatic heterocycles. The third-order valence-electron chi connectivity index (χ3n) is 4.84. The maximum atomic E-state index is 12.5. The highest BCUT2D eigenvalue weighted by Gasteiger charge is 2.24. The highest BCUT2D eigenvalue weighted by atomic mass is 16.6. The molecule has 0 aliphatic heterocycles. The molecule has 1 amide bonds. The van der Waals surface area contributed by atoms with E-state index in [2.05, 4.69) is 11.4 Å². The highest BCUT2D eigenvalue weighted by Crippen LogP contribution is 2.29. The Labute approximate surface area is 168 Å². The van der Waals surface area contributed by atoms with Gasteiger partial charge in [0.1, 0.15) is 0 Å². The summed E-state index contributed by atoms with van der Waals surface area (Å²) in [4.78, 5) is 34.8. The van der Waals surface area contributed by atoms with Crippen molar-refractivity contribution in [3.63, 3.8) is 0 Å². The molecule has 0 spiro atoms. The van der Waals surface area contributed by atoms with Gasteiger partial charge in [-0.25, -0.2) is 4.79 Å². The number of carbonyl (C=O) groups is 2. The molecule has 7 nitrogen and oxygen atoms in total. The van der Waals surface area contributed by atoms with Crippen molar-refractivity contribution in [3.05, 3.63) is 81.4 Å². The molecule has 1 N–H and O–H groups in total. The maximum absolute atomic E-state index is 12.5. The van der Waals surface area contributed by atoms with E-state index >= 15 is 0 Å². The second kappa shape index (κ2) is 9.14. The topological polar surface area (TPSA) is 98.5 Å². The van der Waals surface area contributed by atoms with Crippen LogP contribution >= 0.6 is 0 Å². The van der Waals surface area contributed by atoms with Crippen LogP contribution in [0.3, 0.4) is 0 Å². The Kier molecular flexibility index (Phi) is 6.39. The number of benzene rings is 2. The van der Waals surface area contributed by atoms with Gasteiger partial charge in [-0.2, -0.15) is 0 Å². The van der Waals surface area contributed by atoms with Crippen molar-refractivity contribution in [2.24, 2.45) is 0 Å². The van der Waals surface area contributed by atoms with E-state index in [0.717, 1.165) is 30.9 Å². The molecule has 150 valence electrons. The predicted molar refractivity (Wildman–Crippen MR) is 108 cm³/mol.